The molecule has 0 saturated carbocycles. The summed E-state index contributed by atoms with van der Waals surface area (Å²) in [5, 5.41) is 2.91. The normalized spacial score (nSPS) is 12.7. The maximum atomic E-state index is 13.6. The van der Waals surface area contributed by atoms with E-state index < -0.39 is 34.1 Å². The predicted octanol–water partition coefficient (Wildman–Crippen LogP) is 4.11. The molecule has 0 fully saturated rings. The zero-order valence-corrected chi connectivity index (χ0v) is 23.0. The van der Waals surface area contributed by atoms with Gasteiger partial charge in [0.25, 0.3) is 0 Å². The lowest BCUT2D eigenvalue weighted by Crippen LogP contribution is -2.54. The van der Waals surface area contributed by atoms with Crippen LogP contribution in [0.2, 0.25) is 0 Å². The SMILES string of the molecule is CCc1ccccc1N(CC(=O)N(Cc1ccc(Br)cc1)[C@@H](C)C(=O)NC(C)(C)C)S(C)(=O)=O. The fourth-order valence-corrected chi connectivity index (χ4v) is 4.64. The zero-order valence-electron chi connectivity index (χ0n) is 20.6. The molecule has 1 atom stereocenters. The molecule has 0 aliphatic heterocycles. The summed E-state index contributed by atoms with van der Waals surface area (Å²) in [6.45, 7) is 8.95. The number of carbonyl (C=O) groups is 2. The molecule has 9 heteroatoms. The molecule has 0 radical (unpaired) electrons. The summed E-state index contributed by atoms with van der Waals surface area (Å²) >= 11 is 3.40. The summed E-state index contributed by atoms with van der Waals surface area (Å²) < 4.78 is 27.4. The van der Waals surface area contributed by atoms with Gasteiger partial charge in [0.1, 0.15) is 12.6 Å². The van der Waals surface area contributed by atoms with E-state index in [1.807, 2.05) is 64.1 Å². The molecule has 0 unspecified atom stereocenters. The van der Waals surface area contributed by atoms with Crippen LogP contribution in [0.1, 0.15) is 45.7 Å². The van der Waals surface area contributed by atoms with Gasteiger partial charge < -0.3 is 10.2 Å². The van der Waals surface area contributed by atoms with E-state index in [1.165, 1.54) is 4.90 Å². The molecule has 34 heavy (non-hydrogen) atoms. The van der Waals surface area contributed by atoms with Crippen molar-refractivity contribution in [1.29, 1.82) is 0 Å². The lowest BCUT2D eigenvalue weighted by atomic mass is 10.1. The van der Waals surface area contributed by atoms with Crippen LogP contribution in [0, 0.1) is 0 Å². The highest BCUT2D eigenvalue weighted by atomic mass is 79.9. The molecule has 2 aromatic carbocycles. The van der Waals surface area contributed by atoms with Gasteiger partial charge in [-0.1, -0.05) is 53.2 Å². The molecule has 7 nitrogen and oxygen atoms in total. The molecule has 0 aliphatic carbocycles. The van der Waals surface area contributed by atoms with Crippen molar-refractivity contribution in [2.24, 2.45) is 0 Å². The Morgan fingerprint density at radius 3 is 2.18 bits per heavy atom. The molecule has 186 valence electrons. The van der Waals surface area contributed by atoms with Crippen molar-refractivity contribution in [2.45, 2.75) is 59.2 Å². The summed E-state index contributed by atoms with van der Waals surface area (Å²) in [6.07, 6.45) is 1.70. The van der Waals surface area contributed by atoms with Crippen LogP contribution < -0.4 is 9.62 Å². The molecular formula is C25H34BrN3O4S. The van der Waals surface area contributed by atoms with Gasteiger partial charge >= 0.3 is 0 Å². The van der Waals surface area contributed by atoms with Crippen LogP contribution in [0.3, 0.4) is 0 Å². The molecule has 2 amide bonds. The van der Waals surface area contributed by atoms with Crippen molar-refractivity contribution in [1.82, 2.24) is 10.2 Å². The first kappa shape index (κ1) is 27.9. The Morgan fingerprint density at radius 2 is 1.65 bits per heavy atom. The minimum Gasteiger partial charge on any atom is -0.350 e. The Morgan fingerprint density at radius 1 is 1.06 bits per heavy atom. The lowest BCUT2D eigenvalue weighted by Gasteiger charge is -2.33. The third kappa shape index (κ3) is 7.84. The molecule has 2 aromatic rings. The molecular weight excluding hydrogens is 518 g/mol. The van der Waals surface area contributed by atoms with Crippen LogP contribution >= 0.6 is 15.9 Å². The molecule has 0 spiro atoms. The highest BCUT2D eigenvalue weighted by molar-refractivity contribution is 9.10. The second kappa shape index (κ2) is 11.4. The van der Waals surface area contributed by atoms with Gasteiger partial charge in [0.15, 0.2) is 0 Å². The minimum atomic E-state index is -3.75. The first-order valence-corrected chi connectivity index (χ1v) is 13.8. The molecule has 0 heterocycles. The predicted molar refractivity (Wildman–Crippen MR) is 140 cm³/mol. The highest BCUT2D eigenvalue weighted by Gasteiger charge is 2.31. The standard InChI is InChI=1S/C25H34BrN3O4S/c1-7-20-10-8-9-11-22(20)29(34(6,32)33)17-23(30)28(16-19-12-14-21(26)15-13-19)18(2)24(31)27-25(3,4)5/h8-15,18H,7,16-17H2,1-6H3,(H,27,31)/t18-/m0/s1. The van der Waals surface area contributed by atoms with E-state index in [-0.39, 0.29) is 12.5 Å². The summed E-state index contributed by atoms with van der Waals surface area (Å²) in [7, 11) is -3.75. The lowest BCUT2D eigenvalue weighted by molar-refractivity contribution is -0.140. The molecule has 0 aliphatic rings. The van der Waals surface area contributed by atoms with Crippen LogP contribution in [-0.2, 0) is 32.6 Å². The van der Waals surface area contributed by atoms with Crippen molar-refractivity contribution >= 4 is 43.5 Å². The number of anilines is 1. The van der Waals surface area contributed by atoms with Crippen molar-refractivity contribution in [2.75, 3.05) is 17.1 Å². The maximum Gasteiger partial charge on any atom is 0.244 e. The summed E-state index contributed by atoms with van der Waals surface area (Å²) in [6, 6.07) is 13.8. The topological polar surface area (TPSA) is 86.8 Å². The van der Waals surface area contributed by atoms with Crippen LogP contribution in [0.25, 0.3) is 0 Å². The molecule has 1 N–H and O–H groups in total. The summed E-state index contributed by atoms with van der Waals surface area (Å²) in [5.74, 6) is -0.770. The van der Waals surface area contributed by atoms with E-state index in [4.69, 9.17) is 0 Å². The van der Waals surface area contributed by atoms with Gasteiger partial charge in [-0.15, -0.1) is 0 Å². The number of benzene rings is 2. The van der Waals surface area contributed by atoms with Crippen molar-refractivity contribution in [3.8, 4) is 0 Å². The number of sulfonamides is 1. The zero-order chi connectivity index (χ0) is 25.7. The largest absolute Gasteiger partial charge is 0.350 e. The number of carbonyl (C=O) groups excluding carboxylic acids is 2. The number of hydrogen-bond acceptors (Lipinski definition) is 4. The summed E-state index contributed by atoms with van der Waals surface area (Å²) in [5.41, 5.74) is 1.64. The first-order chi connectivity index (χ1) is 15.7. The maximum absolute atomic E-state index is 13.6. The number of halogens is 1. The van der Waals surface area contributed by atoms with Gasteiger partial charge in [-0.3, -0.25) is 13.9 Å². The van der Waals surface area contributed by atoms with E-state index in [2.05, 4.69) is 21.2 Å². The monoisotopic (exact) mass is 551 g/mol. The van der Waals surface area contributed by atoms with Crippen molar-refractivity contribution in [3.05, 3.63) is 64.1 Å². The Bertz CT molecular complexity index is 1110. The summed E-state index contributed by atoms with van der Waals surface area (Å²) in [4.78, 5) is 28.0. The van der Waals surface area contributed by atoms with Crippen LogP contribution in [0.15, 0.2) is 53.0 Å². The molecule has 0 bridgehead atoms. The Balaban J connectivity index is 2.43. The number of rotatable bonds is 9. The van der Waals surface area contributed by atoms with Gasteiger partial charge in [0, 0.05) is 16.6 Å². The Hall–Kier alpha value is -2.39. The van der Waals surface area contributed by atoms with Gasteiger partial charge in [-0.05, 0) is 63.4 Å². The number of hydrogen-bond donors (Lipinski definition) is 1. The van der Waals surface area contributed by atoms with Gasteiger partial charge in [0.2, 0.25) is 21.8 Å². The van der Waals surface area contributed by atoms with E-state index in [0.29, 0.717) is 12.1 Å². The molecule has 2 rings (SSSR count). The number of amides is 2. The van der Waals surface area contributed by atoms with Crippen molar-refractivity contribution < 1.29 is 18.0 Å². The van der Waals surface area contributed by atoms with Gasteiger partial charge in [-0.25, -0.2) is 8.42 Å². The second-order valence-corrected chi connectivity index (χ2v) is 12.1. The van der Waals surface area contributed by atoms with E-state index in [1.54, 1.807) is 19.1 Å². The van der Waals surface area contributed by atoms with E-state index >= 15 is 0 Å². The molecule has 0 aromatic heterocycles. The van der Waals surface area contributed by atoms with E-state index in [0.717, 1.165) is 26.2 Å². The number of aryl methyl sites for hydroxylation is 1. The highest BCUT2D eigenvalue weighted by Crippen LogP contribution is 2.24. The van der Waals surface area contributed by atoms with Gasteiger partial charge in [-0.2, -0.15) is 0 Å². The van der Waals surface area contributed by atoms with Crippen LogP contribution in [0.5, 0.6) is 0 Å². The average molecular weight is 553 g/mol. The van der Waals surface area contributed by atoms with Crippen molar-refractivity contribution in [3.63, 3.8) is 0 Å². The Labute approximate surface area is 211 Å². The first-order valence-electron chi connectivity index (χ1n) is 11.1. The number of nitrogens with zero attached hydrogens (tertiary/aromatic N) is 2. The third-order valence-corrected chi connectivity index (χ3v) is 6.91. The fraction of sp³-hybridized carbons (Fsp3) is 0.440. The number of para-hydroxylation sites is 1. The van der Waals surface area contributed by atoms with Crippen LogP contribution in [-0.4, -0.2) is 49.5 Å². The van der Waals surface area contributed by atoms with Crippen LogP contribution in [0.4, 0.5) is 5.69 Å². The smallest absolute Gasteiger partial charge is 0.244 e. The average Bonchev–Trinajstić information content (AvgIpc) is 2.74. The quantitative estimate of drug-likeness (QED) is 0.508. The van der Waals surface area contributed by atoms with Gasteiger partial charge in [0.05, 0.1) is 11.9 Å². The van der Waals surface area contributed by atoms with E-state index in [9.17, 15) is 18.0 Å². The third-order valence-electron chi connectivity index (χ3n) is 5.25. The fourth-order valence-electron chi connectivity index (χ4n) is 3.49. The molecule has 0 saturated heterocycles. The Kier molecular flexibility index (Phi) is 9.30. The minimum absolute atomic E-state index is 0.165. The number of nitrogens with one attached hydrogen (secondary N) is 1. The second-order valence-electron chi connectivity index (χ2n) is 9.32.